The Morgan fingerprint density at radius 2 is 2.16 bits per heavy atom. The van der Waals surface area contributed by atoms with Crippen molar-refractivity contribution >= 4 is 45.1 Å². The second-order valence-electron chi connectivity index (χ2n) is 5.04. The number of benzene rings is 1. The number of aromatic hydroxyl groups is 1. The first-order valence-corrected chi connectivity index (χ1v) is 8.61. The molecule has 0 spiro atoms. The van der Waals surface area contributed by atoms with Gasteiger partial charge in [-0.15, -0.1) is 0 Å². The van der Waals surface area contributed by atoms with Crippen molar-refractivity contribution in [2.45, 2.75) is 19.8 Å². The number of phenolic OH excluding ortho intramolecular Hbond substituents is 1. The molecule has 1 unspecified atom stereocenters. The van der Waals surface area contributed by atoms with Gasteiger partial charge in [-0.1, -0.05) is 23.2 Å². The molecule has 1 atom stereocenters. The van der Waals surface area contributed by atoms with Crippen LogP contribution in [0, 0.1) is 11.3 Å². The van der Waals surface area contributed by atoms with Gasteiger partial charge in [0.1, 0.15) is 28.2 Å². The summed E-state index contributed by atoms with van der Waals surface area (Å²) >= 11 is 15.3. The van der Waals surface area contributed by atoms with Crippen LogP contribution in [0.1, 0.15) is 25.3 Å². The maximum Gasteiger partial charge on any atom is 0.338 e. The summed E-state index contributed by atoms with van der Waals surface area (Å²) < 4.78 is 10.7. The number of rotatable bonds is 3. The minimum atomic E-state index is -1.01. The van der Waals surface area contributed by atoms with Gasteiger partial charge in [-0.3, -0.25) is 0 Å². The van der Waals surface area contributed by atoms with Crippen molar-refractivity contribution in [3.63, 3.8) is 0 Å². The molecule has 0 aliphatic carbocycles. The maximum absolute atomic E-state index is 12.4. The molecule has 1 aromatic carbocycles. The van der Waals surface area contributed by atoms with Crippen molar-refractivity contribution in [1.29, 1.82) is 5.26 Å². The van der Waals surface area contributed by atoms with Crippen LogP contribution in [0.15, 0.2) is 33.3 Å². The maximum atomic E-state index is 12.4. The van der Waals surface area contributed by atoms with Crippen LogP contribution in [-0.2, 0) is 14.3 Å². The first kappa shape index (κ1) is 19.4. The van der Waals surface area contributed by atoms with E-state index in [1.165, 1.54) is 13.0 Å². The van der Waals surface area contributed by atoms with Crippen molar-refractivity contribution in [2.24, 2.45) is 5.73 Å². The predicted octanol–water partition coefficient (Wildman–Crippen LogP) is 4.11. The summed E-state index contributed by atoms with van der Waals surface area (Å²) in [4.78, 5) is 12.4. The number of hydrogen-bond acceptors (Lipinski definition) is 6. The summed E-state index contributed by atoms with van der Waals surface area (Å²) in [6.07, 6.45) is 0. The van der Waals surface area contributed by atoms with Crippen LogP contribution >= 0.6 is 39.1 Å². The smallest absolute Gasteiger partial charge is 0.338 e. The number of allylic oxidation sites excluding steroid dienone is 2. The van der Waals surface area contributed by atoms with Crippen LogP contribution in [0.2, 0.25) is 10.0 Å². The third kappa shape index (κ3) is 3.43. The lowest BCUT2D eigenvalue weighted by Crippen LogP contribution is -2.25. The summed E-state index contributed by atoms with van der Waals surface area (Å²) in [6.45, 7) is 3.29. The third-order valence-electron chi connectivity index (χ3n) is 3.58. The highest BCUT2D eigenvalue weighted by atomic mass is 79.9. The van der Waals surface area contributed by atoms with Crippen LogP contribution in [0.25, 0.3) is 0 Å². The summed E-state index contributed by atoms with van der Waals surface area (Å²) in [6, 6.07) is 3.38. The van der Waals surface area contributed by atoms with E-state index in [1.54, 1.807) is 6.92 Å². The molecule has 132 valence electrons. The molecule has 6 nitrogen and oxygen atoms in total. The average Bonchev–Trinajstić information content (AvgIpc) is 2.55. The standard InChI is InChI=1S/C16H13BrCl2N2O4/c1-3-24-16(23)10-6(2)25-15(21)8(5-20)11(10)7-4-9(17)12(18)13(19)14(7)22/h4,11,22H,3,21H2,1-2H3. The number of esters is 1. The van der Waals surface area contributed by atoms with Gasteiger partial charge in [0.25, 0.3) is 0 Å². The molecular formula is C16H13BrCl2N2O4. The Bertz CT molecular complexity index is 859. The second-order valence-corrected chi connectivity index (χ2v) is 6.65. The Balaban J connectivity index is 2.78. The normalized spacial score (nSPS) is 17.2. The Hall–Kier alpha value is -1.88. The molecule has 1 aliphatic rings. The highest BCUT2D eigenvalue weighted by Gasteiger charge is 2.38. The molecule has 0 saturated carbocycles. The summed E-state index contributed by atoms with van der Waals surface area (Å²) in [5.74, 6) is -2.06. The molecule has 0 bridgehead atoms. The zero-order valence-electron chi connectivity index (χ0n) is 13.2. The molecule has 0 saturated heterocycles. The minimum absolute atomic E-state index is 0.0470. The molecule has 0 aromatic heterocycles. The molecule has 2 rings (SSSR count). The molecule has 9 heteroatoms. The van der Waals surface area contributed by atoms with E-state index >= 15 is 0 Å². The molecule has 0 radical (unpaired) electrons. The SMILES string of the molecule is CCOC(=O)C1=C(C)OC(N)=C(C#N)C1c1cc(Br)c(Cl)c(Cl)c1O. The fraction of sp³-hybridized carbons (Fsp3) is 0.250. The zero-order chi connectivity index (χ0) is 18.9. The number of carbonyl (C=O) groups is 1. The zero-order valence-corrected chi connectivity index (χ0v) is 16.3. The topological polar surface area (TPSA) is 106 Å². The van der Waals surface area contributed by atoms with Crippen molar-refractivity contribution in [3.05, 3.63) is 48.9 Å². The molecule has 1 aliphatic heterocycles. The van der Waals surface area contributed by atoms with Gasteiger partial charge >= 0.3 is 5.97 Å². The van der Waals surface area contributed by atoms with Gasteiger partial charge in [0.2, 0.25) is 5.88 Å². The van der Waals surface area contributed by atoms with E-state index in [4.69, 9.17) is 38.4 Å². The van der Waals surface area contributed by atoms with E-state index < -0.39 is 11.9 Å². The van der Waals surface area contributed by atoms with Crippen molar-refractivity contribution < 1.29 is 19.4 Å². The molecule has 0 fully saturated rings. The van der Waals surface area contributed by atoms with Crippen LogP contribution in [-0.4, -0.2) is 17.7 Å². The number of hydrogen-bond donors (Lipinski definition) is 2. The first-order valence-electron chi connectivity index (χ1n) is 7.06. The molecule has 1 aromatic rings. The van der Waals surface area contributed by atoms with Gasteiger partial charge in [0.05, 0.1) is 23.1 Å². The molecule has 3 N–H and O–H groups in total. The number of halogens is 3. The number of nitrogens with zero attached hydrogens (tertiary/aromatic N) is 1. The van der Waals surface area contributed by atoms with E-state index in [0.717, 1.165) is 0 Å². The quantitative estimate of drug-likeness (QED) is 0.533. The third-order valence-corrected chi connectivity index (χ3v) is 5.29. The first-order chi connectivity index (χ1) is 11.7. The molecular weight excluding hydrogens is 435 g/mol. The van der Waals surface area contributed by atoms with Gasteiger partial charge in [-0.2, -0.15) is 5.26 Å². The monoisotopic (exact) mass is 446 g/mol. The number of carbonyl (C=O) groups excluding carboxylic acids is 1. The van der Waals surface area contributed by atoms with E-state index in [1.807, 2.05) is 6.07 Å². The lowest BCUT2D eigenvalue weighted by Gasteiger charge is -2.27. The van der Waals surface area contributed by atoms with Crippen molar-refractivity contribution in [2.75, 3.05) is 6.61 Å². The molecule has 1 heterocycles. The summed E-state index contributed by atoms with van der Waals surface area (Å²) in [7, 11) is 0. The number of phenols is 1. The highest BCUT2D eigenvalue weighted by Crippen LogP contribution is 2.48. The van der Waals surface area contributed by atoms with E-state index in [2.05, 4.69) is 15.9 Å². The number of ether oxygens (including phenoxy) is 2. The van der Waals surface area contributed by atoms with E-state index in [0.29, 0.717) is 4.47 Å². The van der Waals surface area contributed by atoms with Crippen LogP contribution < -0.4 is 5.73 Å². The van der Waals surface area contributed by atoms with Gasteiger partial charge in [0.15, 0.2) is 0 Å². The lowest BCUT2D eigenvalue weighted by atomic mass is 9.82. The Morgan fingerprint density at radius 3 is 2.72 bits per heavy atom. The minimum Gasteiger partial charge on any atom is -0.506 e. The van der Waals surface area contributed by atoms with Crippen LogP contribution in [0.4, 0.5) is 0 Å². The average molecular weight is 448 g/mol. The Labute approximate surface area is 162 Å². The van der Waals surface area contributed by atoms with Crippen LogP contribution in [0.3, 0.4) is 0 Å². The van der Waals surface area contributed by atoms with Crippen LogP contribution in [0.5, 0.6) is 5.75 Å². The van der Waals surface area contributed by atoms with Gasteiger partial charge in [0, 0.05) is 10.0 Å². The summed E-state index contributed by atoms with van der Waals surface area (Å²) in [5.41, 5.74) is 5.97. The predicted molar refractivity (Wildman–Crippen MR) is 95.8 cm³/mol. The van der Waals surface area contributed by atoms with Gasteiger partial charge < -0.3 is 20.3 Å². The number of nitriles is 1. The summed E-state index contributed by atoms with van der Waals surface area (Å²) in [5, 5.41) is 19.9. The van der Waals surface area contributed by atoms with E-state index in [9.17, 15) is 15.2 Å². The largest absolute Gasteiger partial charge is 0.506 e. The number of nitrogens with two attached hydrogens (primary N) is 1. The highest BCUT2D eigenvalue weighted by molar-refractivity contribution is 9.10. The Morgan fingerprint density at radius 1 is 1.52 bits per heavy atom. The lowest BCUT2D eigenvalue weighted by molar-refractivity contribution is -0.139. The fourth-order valence-electron chi connectivity index (χ4n) is 2.49. The second kappa shape index (κ2) is 7.56. The molecule has 25 heavy (non-hydrogen) atoms. The van der Waals surface area contributed by atoms with Gasteiger partial charge in [-0.05, 0) is 35.8 Å². The molecule has 0 amide bonds. The van der Waals surface area contributed by atoms with Crippen molar-refractivity contribution in [1.82, 2.24) is 0 Å². The van der Waals surface area contributed by atoms with E-state index in [-0.39, 0.29) is 50.8 Å². The van der Waals surface area contributed by atoms with Crippen molar-refractivity contribution in [3.8, 4) is 11.8 Å². The van der Waals surface area contributed by atoms with Gasteiger partial charge in [-0.25, -0.2) is 4.79 Å². The Kier molecular flexibility index (Phi) is 5.88. The fourth-order valence-corrected chi connectivity index (χ4v) is 3.40.